The molecule has 0 N–H and O–H groups in total. The Balaban J connectivity index is 4.05. The largest absolute Gasteiger partial charge is 0.545 e. The van der Waals surface area contributed by atoms with E-state index in [0.717, 1.165) is 77.0 Å². The van der Waals surface area contributed by atoms with Crippen LogP contribution in [0.2, 0.25) is 0 Å². The van der Waals surface area contributed by atoms with Gasteiger partial charge in [0, 0.05) is 12.8 Å². The monoisotopic (exact) mass is 1140 g/mol. The van der Waals surface area contributed by atoms with E-state index in [1.807, 2.05) is 21.1 Å². The third kappa shape index (κ3) is 64.1. The number of likely N-dealkylation sites (N-methyl/N-ethyl adjacent to an activating group) is 1. The van der Waals surface area contributed by atoms with E-state index in [2.05, 4.69) is 86.8 Å². The van der Waals surface area contributed by atoms with Gasteiger partial charge in [0.15, 0.2) is 12.4 Å². The molecule has 0 saturated carbocycles. The van der Waals surface area contributed by atoms with Crippen LogP contribution in [0.4, 0.5) is 0 Å². The summed E-state index contributed by atoms with van der Waals surface area (Å²) in [5.74, 6) is -2.28. The number of nitrogens with zero attached hydrogens (tertiary/aromatic N) is 1. The van der Waals surface area contributed by atoms with Crippen LogP contribution >= 0.6 is 0 Å². The van der Waals surface area contributed by atoms with E-state index in [1.54, 1.807) is 0 Å². The first-order chi connectivity index (χ1) is 39.6. The van der Waals surface area contributed by atoms with Crippen LogP contribution in [0.3, 0.4) is 0 Å². The van der Waals surface area contributed by atoms with E-state index in [0.29, 0.717) is 23.9 Å². The van der Waals surface area contributed by atoms with Crippen molar-refractivity contribution in [1.82, 2.24) is 0 Å². The van der Waals surface area contributed by atoms with Crippen molar-refractivity contribution in [2.75, 3.05) is 47.5 Å². The Morgan fingerprint density at radius 1 is 0.383 bits per heavy atom. The Morgan fingerprint density at radius 2 is 0.704 bits per heavy atom. The van der Waals surface area contributed by atoms with Crippen LogP contribution in [0.1, 0.15) is 309 Å². The topological polar surface area (TPSA) is 111 Å². The molecule has 2 unspecified atom stereocenters. The fraction of sp³-hybridized carbons (Fsp3) is 0.792. The van der Waals surface area contributed by atoms with Crippen molar-refractivity contribution in [3.63, 3.8) is 0 Å². The molecule has 0 bridgehead atoms. The summed E-state index contributed by atoms with van der Waals surface area (Å²) < 4.78 is 22.8. The van der Waals surface area contributed by atoms with E-state index < -0.39 is 24.3 Å². The maximum absolute atomic E-state index is 12.9. The molecule has 9 nitrogen and oxygen atoms in total. The highest BCUT2D eigenvalue weighted by Crippen LogP contribution is 2.18. The number of ether oxygens (including phenoxy) is 4. The van der Waals surface area contributed by atoms with Crippen molar-refractivity contribution in [2.45, 2.75) is 322 Å². The van der Waals surface area contributed by atoms with Crippen LogP contribution < -0.4 is 5.11 Å². The Morgan fingerprint density at radius 3 is 1.05 bits per heavy atom. The lowest BCUT2D eigenvalue weighted by atomic mass is 10.0. The molecule has 0 aliphatic carbocycles. The highest BCUT2D eigenvalue weighted by molar-refractivity contribution is 5.70. The number of unbranched alkanes of at least 4 members (excludes halogenated alkanes) is 36. The molecule has 9 heteroatoms. The third-order valence-electron chi connectivity index (χ3n) is 14.9. The van der Waals surface area contributed by atoms with E-state index in [4.69, 9.17) is 18.9 Å². The molecule has 0 heterocycles. The molecule has 0 aromatic rings. The molecule has 0 radical (unpaired) electrons. The minimum atomic E-state index is -1.63. The first-order valence-electron chi connectivity index (χ1n) is 34.1. The second-order valence-corrected chi connectivity index (χ2v) is 24.1. The Kier molecular flexibility index (Phi) is 60.2. The van der Waals surface area contributed by atoms with Crippen LogP contribution in [0, 0.1) is 0 Å². The number of carboxylic acids is 1. The third-order valence-corrected chi connectivity index (χ3v) is 14.9. The number of allylic oxidation sites excluding steroid dienone is 12. The van der Waals surface area contributed by atoms with Gasteiger partial charge in [-0.25, -0.2) is 0 Å². The predicted octanol–water partition coefficient (Wildman–Crippen LogP) is 19.6. The molecule has 0 aromatic carbocycles. The number of hydrogen-bond acceptors (Lipinski definition) is 8. The summed E-state index contributed by atoms with van der Waals surface area (Å²) in [6, 6.07) is 0. The number of hydrogen-bond donors (Lipinski definition) is 0. The van der Waals surface area contributed by atoms with Crippen LogP contribution in [-0.4, -0.2) is 82.3 Å². The molecule has 0 saturated heterocycles. The number of aliphatic carboxylic acids is 1. The van der Waals surface area contributed by atoms with E-state index in [1.165, 1.54) is 199 Å². The zero-order valence-corrected chi connectivity index (χ0v) is 53.7. The number of carbonyl (C=O) groups excluding carboxylic acids is 3. The Hall–Kier alpha value is -3.27. The minimum absolute atomic E-state index is 0.145. The summed E-state index contributed by atoms with van der Waals surface area (Å²) >= 11 is 0. The van der Waals surface area contributed by atoms with Crippen molar-refractivity contribution >= 4 is 17.9 Å². The highest BCUT2D eigenvalue weighted by atomic mass is 16.7. The summed E-state index contributed by atoms with van der Waals surface area (Å²) in [4.78, 5) is 37.4. The minimum Gasteiger partial charge on any atom is -0.545 e. The highest BCUT2D eigenvalue weighted by Gasteiger charge is 2.22. The van der Waals surface area contributed by atoms with E-state index in [9.17, 15) is 19.5 Å². The molecule has 0 aliphatic rings. The van der Waals surface area contributed by atoms with Gasteiger partial charge in [0.05, 0.1) is 40.3 Å². The molecule has 0 aliphatic heterocycles. The maximum atomic E-state index is 12.9. The quantitative estimate of drug-likeness (QED) is 0.0195. The van der Waals surface area contributed by atoms with Crippen LogP contribution in [0.15, 0.2) is 72.9 Å². The molecule has 0 amide bonds. The summed E-state index contributed by atoms with van der Waals surface area (Å²) in [7, 11) is 5.93. The van der Waals surface area contributed by atoms with Crippen molar-refractivity contribution in [1.29, 1.82) is 0 Å². The number of quaternary nitrogens is 1. The van der Waals surface area contributed by atoms with Crippen molar-refractivity contribution in [2.24, 2.45) is 0 Å². The first-order valence-corrected chi connectivity index (χ1v) is 34.1. The number of esters is 2. The average molecular weight is 1140 g/mol. The molecular weight excluding hydrogens is 1010 g/mol. The summed E-state index contributed by atoms with van der Waals surface area (Å²) in [5, 5.41) is 11.8. The van der Waals surface area contributed by atoms with Crippen molar-refractivity contribution in [3.8, 4) is 0 Å². The molecule has 0 spiro atoms. The van der Waals surface area contributed by atoms with Crippen LogP contribution in [0.5, 0.6) is 0 Å². The standard InChI is InChI=1S/C72H129NO8/c1-6-8-10-12-14-16-18-20-22-24-26-28-29-30-31-32-33-34-35-36-37-38-39-40-41-43-44-46-48-50-52-54-56-58-60-62-69(74)79-66-68(67-80-72(71(76)77)78-65-64-73(3,4)5)81-70(75)63-61-59-57-55-53-51-49-47-45-42-27-25-23-21-19-17-15-13-11-9-7-2/h9,11,15,17-18,20-21,23-24,26-27,42,68,72H,6-8,10,12-14,16,19,22,25,28-41,43-67H2,1-5H3/b11-9-,17-15-,20-18-,23-21-,26-24-,42-27-. The Bertz CT molecular complexity index is 1560. The van der Waals surface area contributed by atoms with Crippen molar-refractivity contribution in [3.05, 3.63) is 72.9 Å². The van der Waals surface area contributed by atoms with Crippen LogP contribution in [0.25, 0.3) is 0 Å². The summed E-state index contributed by atoms with van der Waals surface area (Å²) in [5.41, 5.74) is 0. The van der Waals surface area contributed by atoms with E-state index in [-0.39, 0.29) is 32.2 Å². The molecule has 0 rings (SSSR count). The smallest absolute Gasteiger partial charge is 0.306 e. The van der Waals surface area contributed by atoms with E-state index >= 15 is 0 Å². The summed E-state index contributed by atoms with van der Waals surface area (Å²) in [6.07, 6.45) is 79.9. The molecule has 0 aromatic heterocycles. The number of carboxylic acid groups (broad SMARTS) is 1. The van der Waals surface area contributed by atoms with Crippen molar-refractivity contribution < 1.29 is 42.9 Å². The van der Waals surface area contributed by atoms with Gasteiger partial charge in [-0.15, -0.1) is 0 Å². The van der Waals surface area contributed by atoms with Gasteiger partial charge < -0.3 is 33.3 Å². The lowest BCUT2D eigenvalue weighted by molar-refractivity contribution is -0.870. The zero-order valence-electron chi connectivity index (χ0n) is 53.7. The van der Waals surface area contributed by atoms with Gasteiger partial charge in [0.2, 0.25) is 0 Å². The molecule has 0 fully saturated rings. The van der Waals surface area contributed by atoms with Crippen LogP contribution in [-0.2, 0) is 33.3 Å². The predicted molar refractivity (Wildman–Crippen MR) is 343 cm³/mol. The van der Waals surface area contributed by atoms with Gasteiger partial charge in [-0.2, -0.15) is 0 Å². The fourth-order valence-electron chi connectivity index (χ4n) is 9.74. The lowest BCUT2D eigenvalue weighted by Crippen LogP contribution is -2.44. The molecule has 470 valence electrons. The molecule has 81 heavy (non-hydrogen) atoms. The Labute approximate surface area is 500 Å². The number of rotatable bonds is 63. The van der Waals surface area contributed by atoms with Gasteiger partial charge in [-0.1, -0.05) is 286 Å². The van der Waals surface area contributed by atoms with Gasteiger partial charge >= 0.3 is 11.9 Å². The second kappa shape index (κ2) is 62.8. The maximum Gasteiger partial charge on any atom is 0.306 e. The molecule has 2 atom stereocenters. The normalized spacial score (nSPS) is 13.1. The van der Waals surface area contributed by atoms with Gasteiger partial charge in [0.1, 0.15) is 13.2 Å². The van der Waals surface area contributed by atoms with Gasteiger partial charge in [-0.3, -0.25) is 9.59 Å². The SMILES string of the molecule is CC/C=C\C/C=C\C/C=C\C/C=C\CCCCCCCCCCC(=O)OC(COC(=O)CCCCCCCCCCCCCCCCCCCCCCCCC/C=C\C/C=C\CCCCCCC)COC(OCC[N+](C)(C)C)C(=O)[O-]. The van der Waals surface area contributed by atoms with Gasteiger partial charge in [0.25, 0.3) is 0 Å². The number of carbonyl (C=O) groups is 3. The van der Waals surface area contributed by atoms with Gasteiger partial charge in [-0.05, 0) is 83.5 Å². The second-order valence-electron chi connectivity index (χ2n) is 24.1. The fourth-order valence-corrected chi connectivity index (χ4v) is 9.74. The molecular formula is C72H129NO8. The lowest BCUT2D eigenvalue weighted by Gasteiger charge is -2.26. The average Bonchev–Trinajstić information content (AvgIpc) is 3.44. The zero-order chi connectivity index (χ0) is 59.1. The first kappa shape index (κ1) is 77.7. The summed E-state index contributed by atoms with van der Waals surface area (Å²) in [6.45, 7) is 4.65.